The fourth-order valence-corrected chi connectivity index (χ4v) is 14.1. The molecule has 0 aromatic carbocycles. The van der Waals surface area contributed by atoms with Gasteiger partial charge < -0.3 is 84.6 Å². The molecule has 4 saturated carbocycles. The summed E-state index contributed by atoms with van der Waals surface area (Å²) in [6, 6.07) is 0. The van der Waals surface area contributed by atoms with Crippen molar-refractivity contribution in [1.82, 2.24) is 0 Å². The first-order chi connectivity index (χ1) is 29.9. The van der Waals surface area contributed by atoms with E-state index in [2.05, 4.69) is 33.8 Å². The van der Waals surface area contributed by atoms with Crippen LogP contribution in [0.15, 0.2) is 11.6 Å². The summed E-state index contributed by atoms with van der Waals surface area (Å²) in [5, 5.41) is 119. The molecule has 3 heterocycles. The van der Waals surface area contributed by atoms with Gasteiger partial charge in [0.15, 0.2) is 18.9 Å². The van der Waals surface area contributed by atoms with Crippen LogP contribution in [0.1, 0.15) is 113 Å². The lowest BCUT2D eigenvalue weighted by Gasteiger charge is -2.67. The van der Waals surface area contributed by atoms with Gasteiger partial charge in [-0.05, 0) is 131 Å². The SMILES string of the molecule is CC(C)=CCC[C@](C)(O[C@@H]1O[C@H](CO[C@@H]2O[C@@H](C)[C@H](O)[C@@H](O)[C@H]2O)[C@@H](O)[C@H](O)[C@H]1O)[C@H]1CC[C@]2(C)[C@@H]1[C@H](O)C[C@@H]1[C@@H]3CC[C@@H](O[C@@H]4O[C@H](CO)[C@@H](O)[C@H](O)[C@H]4O)C(C)(C)[C@H]3CC[C@]12C. The minimum Gasteiger partial charge on any atom is -0.394 e. The Balaban J connectivity index is 1.09. The Bertz CT molecular complexity index is 1610. The Hall–Kier alpha value is -0.940. The van der Waals surface area contributed by atoms with E-state index >= 15 is 0 Å². The fraction of sp³-hybridized carbons (Fsp3) is 0.957. The van der Waals surface area contributed by atoms with E-state index in [1.54, 1.807) is 0 Å². The van der Waals surface area contributed by atoms with Crippen LogP contribution in [0.4, 0.5) is 0 Å². The summed E-state index contributed by atoms with van der Waals surface area (Å²) in [7, 11) is 0. The molecule has 0 unspecified atom stereocenters. The zero-order valence-electron chi connectivity index (χ0n) is 38.9. The highest BCUT2D eigenvalue weighted by atomic mass is 16.7. The third kappa shape index (κ3) is 8.82. The third-order valence-corrected chi connectivity index (χ3v) is 18.1. The van der Waals surface area contributed by atoms with Gasteiger partial charge >= 0.3 is 0 Å². The second-order valence-corrected chi connectivity index (χ2v) is 22.2. The second kappa shape index (κ2) is 19.1. The molecule has 0 spiro atoms. The van der Waals surface area contributed by atoms with Gasteiger partial charge in [0, 0.05) is 0 Å². The first kappa shape index (κ1) is 50.9. The first-order valence-corrected chi connectivity index (χ1v) is 23.9. The molecule has 3 aliphatic heterocycles. The normalized spacial score (nSPS) is 52.5. The molecular weight excluding hydrogens is 836 g/mol. The number of hydrogen-bond acceptors (Lipinski definition) is 17. The van der Waals surface area contributed by atoms with E-state index in [0.717, 1.165) is 37.7 Å². The van der Waals surface area contributed by atoms with E-state index in [0.29, 0.717) is 25.7 Å². The van der Waals surface area contributed by atoms with Crippen molar-refractivity contribution in [2.45, 2.75) is 223 Å². The van der Waals surface area contributed by atoms with Crippen LogP contribution in [-0.2, 0) is 28.4 Å². The Morgan fingerprint density at radius 3 is 1.92 bits per heavy atom. The summed E-state index contributed by atoms with van der Waals surface area (Å²) in [4.78, 5) is 0. The van der Waals surface area contributed by atoms with Gasteiger partial charge in [-0.15, -0.1) is 0 Å². The molecule has 0 radical (unpaired) electrons. The molecule has 4 aliphatic carbocycles. The zero-order chi connectivity index (χ0) is 47.0. The van der Waals surface area contributed by atoms with Crippen LogP contribution in [0.25, 0.3) is 0 Å². The van der Waals surface area contributed by atoms with E-state index in [1.807, 2.05) is 20.8 Å². The minimum absolute atomic E-state index is 0.148. The molecule has 0 aromatic heterocycles. The van der Waals surface area contributed by atoms with Crippen LogP contribution in [0, 0.1) is 45.8 Å². The second-order valence-electron chi connectivity index (χ2n) is 22.2. The number of rotatable bonds is 12. The number of ether oxygens (including phenoxy) is 6. The maximum Gasteiger partial charge on any atom is 0.187 e. The number of fused-ring (bicyclic) bond motifs is 5. The van der Waals surface area contributed by atoms with Crippen molar-refractivity contribution >= 4 is 0 Å². The molecule has 0 amide bonds. The van der Waals surface area contributed by atoms with Crippen LogP contribution in [0.3, 0.4) is 0 Å². The largest absolute Gasteiger partial charge is 0.394 e. The lowest BCUT2D eigenvalue weighted by atomic mass is 9.39. The summed E-state index contributed by atoms with van der Waals surface area (Å²) >= 11 is 0. The van der Waals surface area contributed by atoms with Gasteiger partial charge in [-0.3, -0.25) is 0 Å². The van der Waals surface area contributed by atoms with Gasteiger partial charge in [0.2, 0.25) is 0 Å². The van der Waals surface area contributed by atoms with Crippen molar-refractivity contribution in [2.75, 3.05) is 13.2 Å². The van der Waals surface area contributed by atoms with Gasteiger partial charge in [-0.1, -0.05) is 39.3 Å². The molecule has 370 valence electrons. The lowest BCUT2D eigenvalue weighted by molar-refractivity contribution is -0.348. The van der Waals surface area contributed by atoms with Gasteiger partial charge in [0.25, 0.3) is 0 Å². The Morgan fingerprint density at radius 2 is 1.27 bits per heavy atom. The highest BCUT2D eigenvalue weighted by molar-refractivity contribution is 5.18. The average Bonchev–Trinajstić information content (AvgIpc) is 3.63. The van der Waals surface area contributed by atoms with Crippen molar-refractivity contribution in [1.29, 1.82) is 0 Å². The molecule has 11 N–H and O–H groups in total. The summed E-state index contributed by atoms with van der Waals surface area (Å²) in [6.07, 6.45) is -13.2. The monoisotopic (exact) mass is 917 g/mol. The molecule has 7 rings (SSSR count). The van der Waals surface area contributed by atoms with Crippen molar-refractivity contribution in [3.05, 3.63) is 11.6 Å². The molecule has 7 aliphatic rings. The first-order valence-electron chi connectivity index (χ1n) is 23.9. The van der Waals surface area contributed by atoms with Crippen molar-refractivity contribution in [3.8, 4) is 0 Å². The van der Waals surface area contributed by atoms with E-state index in [9.17, 15) is 56.2 Å². The van der Waals surface area contributed by atoms with Crippen molar-refractivity contribution < 1.29 is 84.6 Å². The summed E-state index contributed by atoms with van der Waals surface area (Å²) in [5.41, 5.74) is -0.661. The topological polar surface area (TPSA) is 278 Å². The Kier molecular flexibility index (Phi) is 15.2. The maximum atomic E-state index is 12.6. The fourth-order valence-electron chi connectivity index (χ4n) is 14.1. The third-order valence-electron chi connectivity index (χ3n) is 18.1. The molecular formula is C47H80O17. The van der Waals surface area contributed by atoms with Crippen molar-refractivity contribution in [2.24, 2.45) is 45.8 Å². The molecule has 3 saturated heterocycles. The molecule has 17 nitrogen and oxygen atoms in total. The van der Waals surface area contributed by atoms with E-state index in [4.69, 9.17) is 28.4 Å². The van der Waals surface area contributed by atoms with Crippen LogP contribution in [0.5, 0.6) is 0 Å². The lowest BCUT2D eigenvalue weighted by Crippen LogP contribution is -2.65. The quantitative estimate of drug-likeness (QED) is 0.0946. The van der Waals surface area contributed by atoms with Crippen LogP contribution in [0.2, 0.25) is 0 Å². The van der Waals surface area contributed by atoms with Gasteiger partial charge in [-0.25, -0.2) is 0 Å². The summed E-state index contributed by atoms with van der Waals surface area (Å²) in [5.74, 6) is 0.358. The molecule has 17 heteroatoms. The number of hydrogen-bond donors (Lipinski definition) is 11. The Morgan fingerprint density at radius 1 is 0.672 bits per heavy atom. The predicted octanol–water partition coefficient (Wildman–Crippen LogP) is 0.611. The van der Waals surface area contributed by atoms with Gasteiger partial charge in [0.05, 0.1) is 37.1 Å². The Labute approximate surface area is 377 Å². The smallest absolute Gasteiger partial charge is 0.187 e. The van der Waals surface area contributed by atoms with Gasteiger partial charge in [0.1, 0.15) is 67.1 Å². The maximum absolute atomic E-state index is 12.6. The molecule has 7 fully saturated rings. The minimum atomic E-state index is -1.68. The average molecular weight is 917 g/mol. The van der Waals surface area contributed by atoms with Crippen LogP contribution >= 0.6 is 0 Å². The van der Waals surface area contributed by atoms with E-state index in [-0.39, 0.29) is 51.9 Å². The molecule has 64 heavy (non-hydrogen) atoms. The predicted molar refractivity (Wildman–Crippen MR) is 228 cm³/mol. The van der Waals surface area contributed by atoms with Crippen LogP contribution < -0.4 is 0 Å². The van der Waals surface area contributed by atoms with Crippen LogP contribution in [-0.4, -0.2) is 179 Å². The molecule has 0 aromatic rings. The van der Waals surface area contributed by atoms with E-state index < -0.39 is 117 Å². The number of allylic oxidation sites excluding steroid dienone is 2. The summed E-state index contributed by atoms with van der Waals surface area (Å²) in [6.45, 7) is 15.7. The molecule has 25 atom stereocenters. The highest BCUT2D eigenvalue weighted by Crippen LogP contribution is 2.73. The standard InChI is InChI=1S/C47H80O17/c1-21(2)10-9-15-47(8,64-43-40(58)37(55)34(52)29(62-43)20-59-41-38(56)35(53)32(50)22(3)60-41)25-14-17-46(7)31(25)27(49)18-26-23-11-12-30(44(4,5)24(23)13-16-45(26,46)6)63-42-39(57)36(54)33(51)28(19-48)61-42/h10,22-43,48-58H,9,11-20H2,1-8H3/t22-,23+,24-,25-,26+,27+,28+,29+,30+,31-,32-,33+,34+,35+,36-,37-,38+,39+,40+,41+,42-,43-,45+,46+,47-/m0/s1. The molecule has 0 bridgehead atoms. The van der Waals surface area contributed by atoms with Gasteiger partial charge in [-0.2, -0.15) is 0 Å². The van der Waals surface area contributed by atoms with E-state index in [1.165, 1.54) is 6.92 Å². The number of aliphatic hydroxyl groups is 11. The highest BCUT2D eigenvalue weighted by Gasteiger charge is 2.69. The summed E-state index contributed by atoms with van der Waals surface area (Å²) < 4.78 is 36.7. The number of aliphatic hydroxyl groups excluding tert-OH is 11. The van der Waals surface area contributed by atoms with Crippen molar-refractivity contribution in [3.63, 3.8) is 0 Å². The zero-order valence-corrected chi connectivity index (χ0v) is 38.9.